The number of carbonyl (C=O) groups is 1. The van der Waals surface area contributed by atoms with Crippen LogP contribution in [0.4, 0.5) is 5.69 Å². The van der Waals surface area contributed by atoms with E-state index in [9.17, 15) is 4.79 Å². The van der Waals surface area contributed by atoms with Gasteiger partial charge in [-0.25, -0.2) is 4.68 Å². The van der Waals surface area contributed by atoms with Crippen LogP contribution in [0.3, 0.4) is 0 Å². The molecule has 0 spiro atoms. The normalized spacial score (nSPS) is 10.6. The Hall–Kier alpha value is -2.50. The molecule has 3 aromatic rings. The van der Waals surface area contributed by atoms with Crippen molar-refractivity contribution in [3.8, 4) is 5.75 Å². The number of hydrogen-bond acceptors (Lipinski definition) is 3. The van der Waals surface area contributed by atoms with Gasteiger partial charge in [-0.3, -0.25) is 4.79 Å². The third-order valence-electron chi connectivity index (χ3n) is 3.61. The molecular formula is C19H17Cl2N3O2. The quantitative estimate of drug-likeness (QED) is 0.660. The highest BCUT2D eigenvalue weighted by Crippen LogP contribution is 2.25. The molecule has 7 heteroatoms. The second-order valence-electron chi connectivity index (χ2n) is 5.92. The highest BCUT2D eigenvalue weighted by atomic mass is 35.5. The first-order valence-corrected chi connectivity index (χ1v) is 8.67. The van der Waals surface area contributed by atoms with Gasteiger partial charge in [0.25, 0.3) is 5.91 Å². The number of benzene rings is 2. The summed E-state index contributed by atoms with van der Waals surface area (Å²) in [6.45, 7) is 4.24. The van der Waals surface area contributed by atoms with Crippen molar-refractivity contribution in [2.24, 2.45) is 0 Å². The number of aromatic nitrogens is 2. The standard InChI is InChI=1S/C19H17Cl2N3O2/c1-12-7-13(2)9-15(8-12)26-11-24-6-5-18(23-24)19(25)22-14-3-4-16(20)17(21)10-14/h3-10H,11H2,1-2H3,(H,22,25). The van der Waals surface area contributed by atoms with E-state index >= 15 is 0 Å². The second kappa shape index (κ2) is 7.81. The van der Waals surface area contributed by atoms with Gasteiger partial charge in [-0.05, 0) is 61.4 Å². The Kier molecular flexibility index (Phi) is 5.49. The van der Waals surface area contributed by atoms with Gasteiger partial charge in [0, 0.05) is 11.9 Å². The first-order valence-electron chi connectivity index (χ1n) is 7.92. The number of halogens is 2. The third-order valence-corrected chi connectivity index (χ3v) is 4.35. The van der Waals surface area contributed by atoms with Crippen molar-refractivity contribution in [1.29, 1.82) is 0 Å². The van der Waals surface area contributed by atoms with Crippen LogP contribution in [0.15, 0.2) is 48.7 Å². The molecule has 1 heterocycles. The number of nitrogens with zero attached hydrogens (tertiary/aromatic N) is 2. The molecule has 1 amide bonds. The number of nitrogens with one attached hydrogen (secondary N) is 1. The maximum absolute atomic E-state index is 12.3. The highest BCUT2D eigenvalue weighted by molar-refractivity contribution is 6.42. The molecule has 0 unspecified atom stereocenters. The molecule has 0 bridgehead atoms. The fourth-order valence-electron chi connectivity index (χ4n) is 2.48. The maximum Gasteiger partial charge on any atom is 0.276 e. The Bertz CT molecular complexity index is 933. The summed E-state index contributed by atoms with van der Waals surface area (Å²) in [5.74, 6) is 0.424. The number of amides is 1. The van der Waals surface area contributed by atoms with Gasteiger partial charge in [-0.2, -0.15) is 5.10 Å². The van der Waals surface area contributed by atoms with Crippen LogP contribution in [-0.4, -0.2) is 15.7 Å². The molecule has 0 aliphatic carbocycles. The summed E-state index contributed by atoms with van der Waals surface area (Å²) in [5.41, 5.74) is 3.08. The molecule has 0 saturated heterocycles. The van der Waals surface area contributed by atoms with E-state index in [-0.39, 0.29) is 18.3 Å². The van der Waals surface area contributed by atoms with Crippen molar-refractivity contribution in [2.75, 3.05) is 5.32 Å². The predicted octanol–water partition coefficient (Wildman–Crippen LogP) is 5.10. The fourth-order valence-corrected chi connectivity index (χ4v) is 2.78. The van der Waals surface area contributed by atoms with Crippen molar-refractivity contribution in [1.82, 2.24) is 9.78 Å². The molecule has 1 N–H and O–H groups in total. The Morgan fingerprint density at radius 2 is 1.81 bits per heavy atom. The van der Waals surface area contributed by atoms with Crippen LogP contribution in [0.1, 0.15) is 21.6 Å². The topological polar surface area (TPSA) is 56.1 Å². The van der Waals surface area contributed by atoms with Gasteiger partial charge in [0.2, 0.25) is 0 Å². The lowest BCUT2D eigenvalue weighted by Crippen LogP contribution is -2.14. The molecule has 0 aliphatic rings. The summed E-state index contributed by atoms with van der Waals surface area (Å²) in [6, 6.07) is 12.5. The Labute approximate surface area is 161 Å². The minimum atomic E-state index is -0.339. The van der Waals surface area contributed by atoms with Crippen molar-refractivity contribution < 1.29 is 9.53 Å². The number of anilines is 1. The second-order valence-corrected chi connectivity index (χ2v) is 6.73. The molecule has 0 radical (unpaired) electrons. The van der Waals surface area contributed by atoms with E-state index < -0.39 is 0 Å². The predicted molar refractivity (Wildman–Crippen MR) is 103 cm³/mol. The minimum Gasteiger partial charge on any atom is -0.471 e. The smallest absolute Gasteiger partial charge is 0.276 e. The highest BCUT2D eigenvalue weighted by Gasteiger charge is 2.11. The van der Waals surface area contributed by atoms with Crippen LogP contribution in [0.25, 0.3) is 0 Å². The van der Waals surface area contributed by atoms with E-state index in [0.29, 0.717) is 15.7 Å². The molecule has 0 aliphatic heterocycles. The molecule has 134 valence electrons. The molecule has 2 aromatic carbocycles. The average Bonchev–Trinajstić information content (AvgIpc) is 3.05. The van der Waals surface area contributed by atoms with Gasteiger partial charge >= 0.3 is 0 Å². The summed E-state index contributed by atoms with van der Waals surface area (Å²) in [4.78, 5) is 12.3. The molecule has 3 rings (SSSR count). The van der Waals surface area contributed by atoms with Crippen molar-refractivity contribution in [3.05, 3.63) is 75.5 Å². The molecule has 5 nitrogen and oxygen atoms in total. The van der Waals surface area contributed by atoms with Gasteiger partial charge < -0.3 is 10.1 Å². The van der Waals surface area contributed by atoms with E-state index in [1.807, 2.05) is 26.0 Å². The SMILES string of the molecule is Cc1cc(C)cc(OCn2ccc(C(=O)Nc3ccc(Cl)c(Cl)c3)n2)c1. The number of aryl methyl sites for hydroxylation is 2. The summed E-state index contributed by atoms with van der Waals surface area (Å²) in [6.07, 6.45) is 1.69. The largest absolute Gasteiger partial charge is 0.471 e. The monoisotopic (exact) mass is 389 g/mol. The van der Waals surface area contributed by atoms with Crippen LogP contribution in [-0.2, 0) is 6.73 Å². The zero-order valence-electron chi connectivity index (χ0n) is 14.3. The van der Waals surface area contributed by atoms with Crippen molar-refractivity contribution >= 4 is 34.8 Å². The molecule has 0 saturated carbocycles. The van der Waals surface area contributed by atoms with Crippen molar-refractivity contribution in [3.63, 3.8) is 0 Å². The van der Waals surface area contributed by atoms with E-state index in [1.165, 1.54) is 0 Å². The Morgan fingerprint density at radius 1 is 1.08 bits per heavy atom. The Balaban J connectivity index is 1.63. The van der Waals surface area contributed by atoms with E-state index in [4.69, 9.17) is 27.9 Å². The number of carbonyl (C=O) groups excluding carboxylic acids is 1. The Morgan fingerprint density at radius 3 is 2.50 bits per heavy atom. The molecule has 1 aromatic heterocycles. The van der Waals surface area contributed by atoms with E-state index in [2.05, 4.69) is 16.5 Å². The van der Waals surface area contributed by atoms with Crippen LogP contribution in [0.2, 0.25) is 10.0 Å². The lowest BCUT2D eigenvalue weighted by atomic mass is 10.1. The minimum absolute atomic E-state index is 0.211. The third kappa shape index (κ3) is 4.56. The molecule has 26 heavy (non-hydrogen) atoms. The van der Waals surface area contributed by atoms with Crippen LogP contribution < -0.4 is 10.1 Å². The lowest BCUT2D eigenvalue weighted by Gasteiger charge is -2.08. The molecular weight excluding hydrogens is 373 g/mol. The van der Waals surface area contributed by atoms with Crippen LogP contribution >= 0.6 is 23.2 Å². The molecule has 0 fully saturated rings. The van der Waals surface area contributed by atoms with Crippen molar-refractivity contribution in [2.45, 2.75) is 20.6 Å². The lowest BCUT2D eigenvalue weighted by molar-refractivity contribution is 0.102. The van der Waals surface area contributed by atoms with Crippen LogP contribution in [0, 0.1) is 13.8 Å². The van der Waals surface area contributed by atoms with E-state index in [1.54, 1.807) is 35.1 Å². The van der Waals surface area contributed by atoms with Gasteiger partial charge in [0.15, 0.2) is 12.4 Å². The van der Waals surface area contributed by atoms with Gasteiger partial charge in [-0.15, -0.1) is 0 Å². The van der Waals surface area contributed by atoms with Gasteiger partial charge in [0.1, 0.15) is 5.75 Å². The summed E-state index contributed by atoms with van der Waals surface area (Å²) in [7, 11) is 0. The van der Waals surface area contributed by atoms with E-state index in [0.717, 1.165) is 16.9 Å². The fraction of sp³-hybridized carbons (Fsp3) is 0.158. The number of rotatable bonds is 5. The first-order chi connectivity index (χ1) is 12.4. The summed E-state index contributed by atoms with van der Waals surface area (Å²) >= 11 is 11.8. The number of ether oxygens (including phenoxy) is 1. The van der Waals surface area contributed by atoms with Gasteiger partial charge in [-0.1, -0.05) is 29.3 Å². The summed E-state index contributed by atoms with van der Waals surface area (Å²) < 4.78 is 7.29. The number of hydrogen-bond donors (Lipinski definition) is 1. The first kappa shape index (κ1) is 18.3. The average molecular weight is 390 g/mol. The van der Waals surface area contributed by atoms with Gasteiger partial charge in [0.05, 0.1) is 10.0 Å². The zero-order chi connectivity index (χ0) is 18.7. The maximum atomic E-state index is 12.3. The molecule has 0 atom stereocenters. The zero-order valence-corrected chi connectivity index (χ0v) is 15.8. The summed E-state index contributed by atoms with van der Waals surface area (Å²) in [5, 5.41) is 7.76. The van der Waals surface area contributed by atoms with Crippen LogP contribution in [0.5, 0.6) is 5.75 Å².